The third kappa shape index (κ3) is 6.78. The molecule has 1 aliphatic carbocycles. The molecule has 1 aliphatic heterocycles. The number of carbonyl (C=O) groups excluding carboxylic acids is 1. The monoisotopic (exact) mass is 515 g/mol. The van der Waals surface area contributed by atoms with Gasteiger partial charge in [0.25, 0.3) is 5.91 Å². The average Bonchev–Trinajstić information content (AvgIpc) is 3.46. The highest BCUT2D eigenvalue weighted by atomic mass is 16.7. The maximum Gasteiger partial charge on any atom is 0.266 e. The van der Waals surface area contributed by atoms with Crippen LogP contribution in [0.1, 0.15) is 31.2 Å². The van der Waals surface area contributed by atoms with Crippen LogP contribution in [0.3, 0.4) is 0 Å². The van der Waals surface area contributed by atoms with Crippen LogP contribution in [0.2, 0.25) is 0 Å². The first-order chi connectivity index (χ1) is 18.7. The van der Waals surface area contributed by atoms with E-state index in [9.17, 15) is 4.79 Å². The van der Waals surface area contributed by atoms with Gasteiger partial charge in [-0.15, -0.1) is 0 Å². The van der Waals surface area contributed by atoms with Crippen molar-refractivity contribution in [1.82, 2.24) is 10.4 Å². The molecular weight excluding hydrogens is 478 g/mol. The van der Waals surface area contributed by atoms with Crippen LogP contribution in [0.25, 0.3) is 0 Å². The first kappa shape index (κ1) is 25.9. The Labute approximate surface area is 225 Å². The molecule has 1 saturated heterocycles. The predicted molar refractivity (Wildman–Crippen MR) is 149 cm³/mol. The summed E-state index contributed by atoms with van der Waals surface area (Å²) in [4.78, 5) is 22.8. The fourth-order valence-electron chi connectivity index (χ4n) is 5.43. The zero-order chi connectivity index (χ0) is 26.2. The highest BCUT2D eigenvalue weighted by molar-refractivity contribution is 5.77. The minimum Gasteiger partial charge on any atom is -0.493 e. The Balaban J connectivity index is 1.29. The maximum absolute atomic E-state index is 12.7. The number of benzene rings is 3. The number of carbonyl (C=O) groups is 1. The van der Waals surface area contributed by atoms with Gasteiger partial charge in [-0.05, 0) is 61.9 Å². The molecule has 0 radical (unpaired) electrons. The SMILES string of the molecule is COc1ccc(N2CCN(CC(=O)NOc3ccccc3)CC2Cc2ccccc2)cc1OC1CCCC1. The van der Waals surface area contributed by atoms with Gasteiger partial charge in [-0.1, -0.05) is 48.5 Å². The standard InChI is InChI=1S/C31H37N3O4/c1-36-29-17-16-25(21-30(29)37-27-12-8-9-13-27)34-19-18-33(22-26(34)20-24-10-4-2-5-11-24)23-31(35)32-38-28-14-6-3-7-15-28/h2-7,10-11,14-17,21,26-27H,8-9,12-13,18-20,22-23H2,1H3,(H,32,35). The van der Waals surface area contributed by atoms with E-state index in [1.165, 1.54) is 18.4 Å². The molecule has 7 heteroatoms. The van der Waals surface area contributed by atoms with E-state index in [0.717, 1.165) is 56.1 Å². The Morgan fingerprint density at radius 2 is 1.66 bits per heavy atom. The molecule has 1 atom stereocenters. The normalized spacial score (nSPS) is 18.2. The zero-order valence-electron chi connectivity index (χ0n) is 22.1. The number of piperazine rings is 1. The molecule has 2 fully saturated rings. The number of hydroxylamine groups is 1. The number of methoxy groups -OCH3 is 1. The van der Waals surface area contributed by atoms with Gasteiger partial charge in [-0.25, -0.2) is 0 Å². The van der Waals surface area contributed by atoms with Crippen molar-refractivity contribution >= 4 is 11.6 Å². The van der Waals surface area contributed by atoms with Crippen LogP contribution >= 0.6 is 0 Å². The Morgan fingerprint density at radius 3 is 2.39 bits per heavy atom. The fraction of sp³-hybridized carbons (Fsp3) is 0.387. The van der Waals surface area contributed by atoms with Gasteiger partial charge < -0.3 is 19.2 Å². The Hall–Kier alpha value is -3.71. The Bertz CT molecular complexity index is 1170. The van der Waals surface area contributed by atoms with Gasteiger partial charge in [0.15, 0.2) is 17.2 Å². The minimum absolute atomic E-state index is 0.155. The van der Waals surface area contributed by atoms with Crippen molar-refractivity contribution in [3.63, 3.8) is 0 Å². The summed E-state index contributed by atoms with van der Waals surface area (Å²) in [6, 6.07) is 26.3. The van der Waals surface area contributed by atoms with Crippen molar-refractivity contribution in [2.24, 2.45) is 0 Å². The molecule has 5 rings (SSSR count). The number of nitrogens with one attached hydrogen (secondary N) is 1. The van der Waals surface area contributed by atoms with Gasteiger partial charge >= 0.3 is 0 Å². The molecule has 1 heterocycles. The maximum atomic E-state index is 12.7. The molecule has 38 heavy (non-hydrogen) atoms. The summed E-state index contributed by atoms with van der Waals surface area (Å²) in [5.41, 5.74) is 4.98. The molecule has 1 unspecified atom stereocenters. The van der Waals surface area contributed by atoms with Crippen molar-refractivity contribution < 1.29 is 19.1 Å². The molecule has 1 saturated carbocycles. The molecule has 2 aliphatic rings. The molecule has 200 valence electrons. The van der Waals surface area contributed by atoms with Crippen LogP contribution in [0.15, 0.2) is 78.9 Å². The summed E-state index contributed by atoms with van der Waals surface area (Å²) in [6.07, 6.45) is 5.77. The summed E-state index contributed by atoms with van der Waals surface area (Å²) in [5.74, 6) is 2.05. The zero-order valence-corrected chi connectivity index (χ0v) is 22.1. The second-order valence-corrected chi connectivity index (χ2v) is 10.1. The summed E-state index contributed by atoms with van der Waals surface area (Å²) >= 11 is 0. The van der Waals surface area contributed by atoms with Crippen LogP contribution in [0.5, 0.6) is 17.2 Å². The summed E-state index contributed by atoms with van der Waals surface area (Å²) in [7, 11) is 1.69. The number of amides is 1. The third-order valence-electron chi connectivity index (χ3n) is 7.35. The molecular formula is C31H37N3O4. The van der Waals surface area contributed by atoms with Crippen LogP contribution in [0.4, 0.5) is 5.69 Å². The topological polar surface area (TPSA) is 63.3 Å². The number of para-hydroxylation sites is 1. The van der Waals surface area contributed by atoms with Gasteiger partial charge in [-0.2, -0.15) is 5.48 Å². The lowest BCUT2D eigenvalue weighted by molar-refractivity contribution is -0.129. The van der Waals surface area contributed by atoms with Crippen molar-refractivity contribution in [2.45, 2.75) is 44.2 Å². The lowest BCUT2D eigenvalue weighted by Crippen LogP contribution is -2.56. The van der Waals surface area contributed by atoms with Gasteiger partial charge in [-0.3, -0.25) is 9.69 Å². The summed E-state index contributed by atoms with van der Waals surface area (Å²) < 4.78 is 12.0. The molecule has 1 amide bonds. The van der Waals surface area contributed by atoms with Crippen LogP contribution < -0.4 is 24.7 Å². The van der Waals surface area contributed by atoms with Crippen LogP contribution in [-0.4, -0.2) is 56.2 Å². The third-order valence-corrected chi connectivity index (χ3v) is 7.35. The van der Waals surface area contributed by atoms with Crippen molar-refractivity contribution in [1.29, 1.82) is 0 Å². The van der Waals surface area contributed by atoms with E-state index in [1.54, 1.807) is 7.11 Å². The van der Waals surface area contributed by atoms with E-state index in [-0.39, 0.29) is 24.6 Å². The van der Waals surface area contributed by atoms with Gasteiger partial charge in [0.05, 0.1) is 19.8 Å². The Kier molecular flexibility index (Phi) is 8.66. The quantitative estimate of drug-likeness (QED) is 0.389. The lowest BCUT2D eigenvalue weighted by atomic mass is 10.0. The van der Waals surface area contributed by atoms with Gasteiger partial charge in [0.1, 0.15) is 0 Å². The first-order valence-electron chi connectivity index (χ1n) is 13.6. The molecule has 3 aromatic carbocycles. The Morgan fingerprint density at radius 1 is 0.921 bits per heavy atom. The average molecular weight is 516 g/mol. The first-order valence-corrected chi connectivity index (χ1v) is 13.6. The van der Waals surface area contributed by atoms with Crippen molar-refractivity contribution in [2.75, 3.05) is 38.2 Å². The van der Waals surface area contributed by atoms with E-state index >= 15 is 0 Å². The van der Waals surface area contributed by atoms with Crippen LogP contribution in [0, 0.1) is 0 Å². The minimum atomic E-state index is -0.155. The van der Waals surface area contributed by atoms with Crippen molar-refractivity contribution in [3.05, 3.63) is 84.4 Å². The fourth-order valence-corrected chi connectivity index (χ4v) is 5.43. The number of ether oxygens (including phenoxy) is 2. The number of nitrogens with zero attached hydrogens (tertiary/aromatic N) is 2. The summed E-state index contributed by atoms with van der Waals surface area (Å²) in [5, 5.41) is 0. The van der Waals surface area contributed by atoms with Crippen LogP contribution in [-0.2, 0) is 11.2 Å². The second kappa shape index (κ2) is 12.7. The van der Waals surface area contributed by atoms with Crippen molar-refractivity contribution in [3.8, 4) is 17.2 Å². The smallest absolute Gasteiger partial charge is 0.266 e. The number of rotatable bonds is 10. The molecule has 0 aromatic heterocycles. The van der Waals surface area contributed by atoms with E-state index in [1.807, 2.05) is 42.5 Å². The number of hydrogen-bond donors (Lipinski definition) is 1. The molecule has 1 N–H and O–H groups in total. The lowest BCUT2D eigenvalue weighted by Gasteiger charge is -2.43. The number of hydrogen-bond acceptors (Lipinski definition) is 6. The van der Waals surface area contributed by atoms with Gasteiger partial charge in [0.2, 0.25) is 0 Å². The molecule has 0 bridgehead atoms. The largest absolute Gasteiger partial charge is 0.493 e. The highest BCUT2D eigenvalue weighted by Crippen LogP contribution is 2.36. The predicted octanol–water partition coefficient (Wildman–Crippen LogP) is 4.86. The van der Waals surface area contributed by atoms with E-state index in [4.69, 9.17) is 14.3 Å². The molecule has 0 spiro atoms. The van der Waals surface area contributed by atoms with E-state index < -0.39 is 0 Å². The van der Waals surface area contributed by atoms with Gasteiger partial charge in [0, 0.05) is 37.4 Å². The molecule has 7 nitrogen and oxygen atoms in total. The second-order valence-electron chi connectivity index (χ2n) is 10.1. The van der Waals surface area contributed by atoms with E-state index in [0.29, 0.717) is 5.75 Å². The molecule has 3 aromatic rings. The highest BCUT2D eigenvalue weighted by Gasteiger charge is 2.29. The summed E-state index contributed by atoms with van der Waals surface area (Å²) in [6.45, 7) is 2.62. The van der Waals surface area contributed by atoms with E-state index in [2.05, 4.69) is 51.7 Å². The number of anilines is 1.